The van der Waals surface area contributed by atoms with Crippen LogP contribution in [-0.2, 0) is 6.42 Å². The molecule has 4 aromatic carbocycles. The van der Waals surface area contributed by atoms with Crippen LogP contribution in [0.25, 0.3) is 0 Å². The van der Waals surface area contributed by atoms with E-state index in [2.05, 4.69) is 0 Å². The van der Waals surface area contributed by atoms with Gasteiger partial charge in [0.2, 0.25) is 0 Å². The first kappa shape index (κ1) is 23.8. The second-order valence-corrected chi connectivity index (χ2v) is 9.75. The van der Waals surface area contributed by atoms with Crippen molar-refractivity contribution < 1.29 is 40.1 Å². The Morgan fingerprint density at radius 3 is 1.97 bits per heavy atom. The third kappa shape index (κ3) is 4.09. The molecule has 8 heteroatoms. The minimum absolute atomic E-state index is 0.0255. The van der Waals surface area contributed by atoms with Crippen LogP contribution >= 0.6 is 0 Å². The second-order valence-electron chi connectivity index (χ2n) is 9.75. The molecule has 8 nitrogen and oxygen atoms in total. The highest BCUT2D eigenvalue weighted by Gasteiger charge is 2.39. The first-order valence-corrected chi connectivity index (χ1v) is 12.3. The lowest BCUT2D eigenvalue weighted by Gasteiger charge is -2.37. The number of phenols is 5. The Hall–Kier alpha value is -4.56. The summed E-state index contributed by atoms with van der Waals surface area (Å²) in [5.41, 5.74) is 2.97. The fourth-order valence-corrected chi connectivity index (χ4v) is 5.46. The van der Waals surface area contributed by atoms with Crippen molar-refractivity contribution in [2.45, 2.75) is 37.1 Å². The maximum atomic E-state index is 11.2. The van der Waals surface area contributed by atoms with Crippen molar-refractivity contribution in [2.24, 2.45) is 0 Å². The molecule has 0 spiro atoms. The highest BCUT2D eigenvalue weighted by atomic mass is 16.5. The van der Waals surface area contributed by atoms with Crippen LogP contribution in [0.2, 0.25) is 0 Å². The first-order valence-electron chi connectivity index (χ1n) is 12.3. The summed E-state index contributed by atoms with van der Waals surface area (Å²) in [4.78, 5) is 0. The Kier molecular flexibility index (Phi) is 5.69. The van der Waals surface area contributed by atoms with Gasteiger partial charge < -0.3 is 40.1 Å². The van der Waals surface area contributed by atoms with E-state index in [1.807, 2.05) is 0 Å². The molecule has 38 heavy (non-hydrogen) atoms. The molecule has 4 atom stereocenters. The van der Waals surface area contributed by atoms with Crippen molar-refractivity contribution >= 4 is 0 Å². The van der Waals surface area contributed by atoms with Crippen molar-refractivity contribution in [2.75, 3.05) is 0 Å². The van der Waals surface area contributed by atoms with Crippen LogP contribution in [0, 0.1) is 0 Å². The normalized spacial score (nSPS) is 22.0. The maximum absolute atomic E-state index is 11.2. The molecule has 6 rings (SSSR count). The zero-order chi connectivity index (χ0) is 26.6. The zero-order valence-corrected chi connectivity index (χ0v) is 20.2. The summed E-state index contributed by atoms with van der Waals surface area (Å²) in [6.45, 7) is 0. The Morgan fingerprint density at radius 1 is 0.658 bits per heavy atom. The molecule has 0 amide bonds. The molecular formula is C30H26O8. The number of aliphatic hydroxyl groups excluding tert-OH is 1. The first-order chi connectivity index (χ1) is 18.3. The van der Waals surface area contributed by atoms with Gasteiger partial charge in [0.25, 0.3) is 0 Å². The molecule has 2 aliphatic rings. The van der Waals surface area contributed by atoms with E-state index in [0.29, 0.717) is 28.9 Å². The van der Waals surface area contributed by atoms with Gasteiger partial charge in [0.15, 0.2) is 0 Å². The predicted octanol–water partition coefficient (Wildman–Crippen LogP) is 4.91. The highest BCUT2D eigenvalue weighted by molar-refractivity contribution is 5.63. The number of ether oxygens (including phenoxy) is 2. The van der Waals surface area contributed by atoms with E-state index in [9.17, 15) is 30.6 Å². The quantitative estimate of drug-likeness (QED) is 0.227. The third-order valence-corrected chi connectivity index (χ3v) is 7.31. The molecule has 0 radical (unpaired) electrons. The van der Waals surface area contributed by atoms with E-state index in [1.165, 1.54) is 24.3 Å². The SMILES string of the molecule is Oc1ccc(C2CC(c3c(O)cc(O)c4c3OC(c3ccc(O)cc3)C(O)C4)c3ccc(O)cc3O2)cc1. The summed E-state index contributed by atoms with van der Waals surface area (Å²) in [7, 11) is 0. The number of benzene rings is 4. The summed E-state index contributed by atoms with van der Waals surface area (Å²) in [5, 5.41) is 62.4. The van der Waals surface area contributed by atoms with Gasteiger partial charge in [-0.05, 0) is 47.9 Å². The summed E-state index contributed by atoms with van der Waals surface area (Å²) < 4.78 is 12.6. The molecule has 0 aliphatic carbocycles. The number of rotatable bonds is 3. The standard InChI is InChI=1S/C30H26O8/c31-17-5-1-15(2-6-17)26-13-21(20-10-9-19(33)11-27(20)37-26)28-24(35)14-23(34)22-12-25(36)29(38-30(22)28)16-3-7-18(32)8-4-16/h1-11,14,21,25-26,29,31-36H,12-13H2. The Bertz CT molecular complexity index is 1500. The number of hydrogen-bond donors (Lipinski definition) is 6. The van der Waals surface area contributed by atoms with Crippen LogP contribution in [0.3, 0.4) is 0 Å². The molecule has 0 aromatic heterocycles. The minimum Gasteiger partial charge on any atom is -0.508 e. The largest absolute Gasteiger partial charge is 0.508 e. The molecule has 6 N–H and O–H groups in total. The number of fused-ring (bicyclic) bond motifs is 2. The Morgan fingerprint density at radius 2 is 1.29 bits per heavy atom. The van der Waals surface area contributed by atoms with Gasteiger partial charge in [-0.1, -0.05) is 30.3 Å². The molecule has 194 valence electrons. The highest BCUT2D eigenvalue weighted by Crippen LogP contribution is 2.54. The van der Waals surface area contributed by atoms with Crippen LogP contribution in [0.4, 0.5) is 0 Å². The number of phenolic OH excluding ortho intramolecular Hbond substituents is 5. The van der Waals surface area contributed by atoms with Crippen molar-refractivity contribution in [1.82, 2.24) is 0 Å². The molecule has 2 heterocycles. The lowest BCUT2D eigenvalue weighted by molar-refractivity contribution is 0.0186. The van der Waals surface area contributed by atoms with Gasteiger partial charge in [-0.25, -0.2) is 0 Å². The van der Waals surface area contributed by atoms with Crippen LogP contribution in [0.15, 0.2) is 72.8 Å². The molecule has 0 bridgehead atoms. The predicted molar refractivity (Wildman–Crippen MR) is 137 cm³/mol. The van der Waals surface area contributed by atoms with E-state index in [1.54, 1.807) is 48.5 Å². The molecule has 2 aliphatic heterocycles. The summed E-state index contributed by atoms with van der Waals surface area (Å²) in [6.07, 6.45) is -1.76. The van der Waals surface area contributed by atoms with E-state index in [4.69, 9.17) is 9.47 Å². The van der Waals surface area contributed by atoms with Crippen LogP contribution < -0.4 is 9.47 Å². The van der Waals surface area contributed by atoms with Gasteiger partial charge in [-0.2, -0.15) is 0 Å². The Labute approximate surface area is 218 Å². The van der Waals surface area contributed by atoms with Gasteiger partial charge in [0, 0.05) is 41.2 Å². The number of hydrogen-bond acceptors (Lipinski definition) is 8. The maximum Gasteiger partial charge on any atom is 0.150 e. The monoisotopic (exact) mass is 514 g/mol. The average Bonchev–Trinajstić information content (AvgIpc) is 2.89. The van der Waals surface area contributed by atoms with Gasteiger partial charge >= 0.3 is 0 Å². The van der Waals surface area contributed by atoms with Crippen molar-refractivity contribution in [3.8, 4) is 40.2 Å². The molecule has 0 saturated carbocycles. The van der Waals surface area contributed by atoms with E-state index in [-0.39, 0.29) is 40.9 Å². The van der Waals surface area contributed by atoms with Gasteiger partial charge in [0.1, 0.15) is 52.5 Å². The minimum atomic E-state index is -0.973. The zero-order valence-electron chi connectivity index (χ0n) is 20.2. The fourth-order valence-electron chi connectivity index (χ4n) is 5.46. The van der Waals surface area contributed by atoms with Crippen LogP contribution in [0.1, 0.15) is 52.4 Å². The smallest absolute Gasteiger partial charge is 0.150 e. The van der Waals surface area contributed by atoms with Crippen molar-refractivity contribution in [3.05, 3.63) is 101 Å². The van der Waals surface area contributed by atoms with Gasteiger partial charge in [-0.15, -0.1) is 0 Å². The topological polar surface area (TPSA) is 140 Å². The van der Waals surface area contributed by atoms with E-state index < -0.39 is 24.2 Å². The lowest BCUT2D eigenvalue weighted by Crippen LogP contribution is -2.31. The average molecular weight is 515 g/mol. The van der Waals surface area contributed by atoms with Crippen LogP contribution in [-0.4, -0.2) is 36.7 Å². The van der Waals surface area contributed by atoms with Crippen molar-refractivity contribution in [1.29, 1.82) is 0 Å². The molecule has 4 aromatic rings. The van der Waals surface area contributed by atoms with Gasteiger partial charge in [0.05, 0.1) is 6.10 Å². The van der Waals surface area contributed by atoms with E-state index >= 15 is 0 Å². The number of aliphatic hydroxyl groups is 1. The molecule has 0 fully saturated rings. The number of aromatic hydroxyl groups is 5. The third-order valence-electron chi connectivity index (χ3n) is 7.31. The molecule has 4 unspecified atom stereocenters. The Balaban J connectivity index is 1.49. The lowest BCUT2D eigenvalue weighted by atomic mass is 9.79. The molecule has 0 saturated heterocycles. The second kappa shape index (κ2) is 9.08. The fraction of sp³-hybridized carbons (Fsp3) is 0.200. The van der Waals surface area contributed by atoms with Crippen LogP contribution in [0.5, 0.6) is 40.2 Å². The summed E-state index contributed by atoms with van der Waals surface area (Å²) in [6, 6.07) is 19.0. The van der Waals surface area contributed by atoms with E-state index in [0.717, 1.165) is 11.1 Å². The van der Waals surface area contributed by atoms with Crippen molar-refractivity contribution in [3.63, 3.8) is 0 Å². The van der Waals surface area contributed by atoms with Gasteiger partial charge in [-0.3, -0.25) is 0 Å². The molecular weight excluding hydrogens is 488 g/mol. The summed E-state index contributed by atoms with van der Waals surface area (Å²) in [5.74, 6) is 0.137. The summed E-state index contributed by atoms with van der Waals surface area (Å²) >= 11 is 0.